The standard InChI is InChI=1S/C21H21F2NO5/c1-3-10-28-18-8-4-14(11-19(18)27-2)5-9-21(26)29-13-20(25)24-15-6-7-16(22)17(23)12-15/h4-9,11-12H,3,10,13H2,1-2H3,(H,24,25)/b9-5+. The van der Waals surface area contributed by atoms with Crippen molar-refractivity contribution in [1.29, 1.82) is 0 Å². The lowest BCUT2D eigenvalue weighted by atomic mass is 10.2. The number of amides is 1. The van der Waals surface area contributed by atoms with Crippen LogP contribution in [0.3, 0.4) is 0 Å². The molecule has 6 nitrogen and oxygen atoms in total. The molecule has 8 heteroatoms. The Morgan fingerprint density at radius 2 is 1.86 bits per heavy atom. The third kappa shape index (κ3) is 6.91. The van der Waals surface area contributed by atoms with E-state index in [0.717, 1.165) is 24.6 Å². The van der Waals surface area contributed by atoms with E-state index in [-0.39, 0.29) is 5.69 Å². The van der Waals surface area contributed by atoms with Crippen LogP contribution in [0.2, 0.25) is 0 Å². The first kappa shape index (κ1) is 21.9. The number of ether oxygens (including phenoxy) is 3. The third-order valence-corrected chi connectivity index (χ3v) is 3.61. The summed E-state index contributed by atoms with van der Waals surface area (Å²) in [4.78, 5) is 23.5. The lowest BCUT2D eigenvalue weighted by Crippen LogP contribution is -2.20. The number of benzene rings is 2. The van der Waals surface area contributed by atoms with Gasteiger partial charge in [-0.1, -0.05) is 13.0 Å². The van der Waals surface area contributed by atoms with E-state index in [4.69, 9.17) is 14.2 Å². The molecule has 0 spiro atoms. The molecule has 0 bridgehead atoms. The lowest BCUT2D eigenvalue weighted by molar-refractivity contribution is -0.142. The van der Waals surface area contributed by atoms with Gasteiger partial charge in [-0.25, -0.2) is 13.6 Å². The maximum Gasteiger partial charge on any atom is 0.331 e. The van der Waals surface area contributed by atoms with Gasteiger partial charge in [-0.05, 0) is 42.3 Å². The van der Waals surface area contributed by atoms with E-state index in [1.165, 1.54) is 19.3 Å². The molecule has 29 heavy (non-hydrogen) atoms. The highest BCUT2D eigenvalue weighted by Gasteiger charge is 2.09. The Balaban J connectivity index is 1.87. The minimum Gasteiger partial charge on any atom is -0.493 e. The predicted octanol–water partition coefficient (Wildman–Crippen LogP) is 3.96. The molecular formula is C21H21F2NO5. The Kier molecular flexibility index (Phi) is 8.14. The van der Waals surface area contributed by atoms with Crippen molar-refractivity contribution in [3.8, 4) is 11.5 Å². The maximum absolute atomic E-state index is 13.1. The number of nitrogens with one attached hydrogen (secondary N) is 1. The highest BCUT2D eigenvalue weighted by Crippen LogP contribution is 2.28. The Hall–Kier alpha value is -3.42. The Bertz CT molecular complexity index is 899. The SMILES string of the molecule is CCCOc1ccc(/C=C/C(=O)OCC(=O)Nc2ccc(F)c(F)c2)cc1OC. The zero-order valence-electron chi connectivity index (χ0n) is 16.0. The topological polar surface area (TPSA) is 73.9 Å². The van der Waals surface area contributed by atoms with E-state index < -0.39 is 30.1 Å². The first-order chi connectivity index (χ1) is 13.9. The number of carbonyl (C=O) groups excluding carboxylic acids is 2. The number of anilines is 1. The molecule has 1 amide bonds. The molecule has 154 valence electrons. The van der Waals surface area contributed by atoms with E-state index in [1.54, 1.807) is 18.2 Å². The second kappa shape index (κ2) is 10.8. The molecule has 0 aliphatic carbocycles. The van der Waals surface area contributed by atoms with Crippen LogP contribution < -0.4 is 14.8 Å². The Morgan fingerprint density at radius 3 is 2.55 bits per heavy atom. The van der Waals surface area contributed by atoms with Crippen molar-refractivity contribution in [2.75, 3.05) is 25.6 Å². The normalized spacial score (nSPS) is 10.6. The quantitative estimate of drug-likeness (QED) is 0.505. The van der Waals surface area contributed by atoms with Crippen LogP contribution in [0.4, 0.5) is 14.5 Å². The Labute approximate surface area is 167 Å². The summed E-state index contributed by atoms with van der Waals surface area (Å²) in [7, 11) is 1.52. The maximum atomic E-state index is 13.1. The fourth-order valence-electron chi connectivity index (χ4n) is 2.24. The van der Waals surface area contributed by atoms with Crippen LogP contribution in [0.15, 0.2) is 42.5 Å². The van der Waals surface area contributed by atoms with E-state index in [0.29, 0.717) is 23.7 Å². The molecule has 0 saturated heterocycles. The lowest BCUT2D eigenvalue weighted by Gasteiger charge is -2.10. The molecule has 2 rings (SSSR count). The summed E-state index contributed by atoms with van der Waals surface area (Å²) in [6.45, 7) is 1.98. The molecule has 0 unspecified atom stereocenters. The predicted molar refractivity (Wildman–Crippen MR) is 104 cm³/mol. The number of rotatable bonds is 9. The summed E-state index contributed by atoms with van der Waals surface area (Å²) in [5.41, 5.74) is 0.729. The van der Waals surface area contributed by atoms with E-state index in [9.17, 15) is 18.4 Å². The molecule has 1 N–H and O–H groups in total. The van der Waals surface area contributed by atoms with Gasteiger partial charge in [0.15, 0.2) is 29.7 Å². The molecule has 0 aromatic heterocycles. The van der Waals surface area contributed by atoms with Crippen LogP contribution in [0.1, 0.15) is 18.9 Å². The molecular weight excluding hydrogens is 384 g/mol. The van der Waals surface area contributed by atoms with Gasteiger partial charge in [0.25, 0.3) is 5.91 Å². The summed E-state index contributed by atoms with van der Waals surface area (Å²) < 4.78 is 41.6. The first-order valence-electron chi connectivity index (χ1n) is 8.83. The van der Waals surface area contributed by atoms with Gasteiger partial charge in [-0.15, -0.1) is 0 Å². The number of methoxy groups -OCH3 is 1. The van der Waals surface area contributed by atoms with E-state index in [2.05, 4.69) is 5.32 Å². The molecule has 2 aromatic carbocycles. The molecule has 0 fully saturated rings. The highest BCUT2D eigenvalue weighted by molar-refractivity contribution is 5.94. The van der Waals surface area contributed by atoms with E-state index >= 15 is 0 Å². The van der Waals surface area contributed by atoms with Crippen molar-refractivity contribution >= 4 is 23.6 Å². The molecule has 0 radical (unpaired) electrons. The summed E-state index contributed by atoms with van der Waals surface area (Å²) in [5.74, 6) is -2.42. The average molecular weight is 405 g/mol. The fourth-order valence-corrected chi connectivity index (χ4v) is 2.24. The number of halogens is 2. The second-order valence-electron chi connectivity index (χ2n) is 5.88. The van der Waals surface area contributed by atoms with Crippen LogP contribution in [-0.4, -0.2) is 32.2 Å². The molecule has 0 saturated carbocycles. The van der Waals surface area contributed by atoms with Crippen molar-refractivity contribution < 1.29 is 32.6 Å². The molecule has 0 aliphatic heterocycles. The fraction of sp³-hybridized carbons (Fsp3) is 0.238. The van der Waals surface area contributed by atoms with Crippen molar-refractivity contribution in [3.63, 3.8) is 0 Å². The van der Waals surface area contributed by atoms with Gasteiger partial charge in [0.1, 0.15) is 0 Å². The van der Waals surface area contributed by atoms with Crippen LogP contribution in [-0.2, 0) is 14.3 Å². The number of esters is 1. The number of hydrogen-bond donors (Lipinski definition) is 1. The van der Waals surface area contributed by atoms with Crippen molar-refractivity contribution in [3.05, 3.63) is 59.7 Å². The van der Waals surface area contributed by atoms with Crippen molar-refractivity contribution in [1.82, 2.24) is 0 Å². The zero-order valence-corrected chi connectivity index (χ0v) is 16.0. The van der Waals surface area contributed by atoms with Gasteiger partial charge in [-0.2, -0.15) is 0 Å². The molecule has 2 aromatic rings. The minimum atomic E-state index is -1.09. The number of hydrogen-bond acceptors (Lipinski definition) is 5. The van der Waals surface area contributed by atoms with Crippen LogP contribution >= 0.6 is 0 Å². The van der Waals surface area contributed by atoms with Crippen LogP contribution in [0.25, 0.3) is 6.08 Å². The van der Waals surface area contributed by atoms with Gasteiger partial charge < -0.3 is 19.5 Å². The van der Waals surface area contributed by atoms with E-state index in [1.807, 2.05) is 6.92 Å². The van der Waals surface area contributed by atoms with Crippen LogP contribution in [0.5, 0.6) is 11.5 Å². The second-order valence-corrected chi connectivity index (χ2v) is 5.88. The van der Waals surface area contributed by atoms with Crippen molar-refractivity contribution in [2.24, 2.45) is 0 Å². The van der Waals surface area contributed by atoms with Crippen molar-refractivity contribution in [2.45, 2.75) is 13.3 Å². The average Bonchev–Trinajstić information content (AvgIpc) is 2.72. The largest absolute Gasteiger partial charge is 0.493 e. The third-order valence-electron chi connectivity index (χ3n) is 3.61. The van der Waals surface area contributed by atoms with Gasteiger partial charge in [0, 0.05) is 17.8 Å². The summed E-state index contributed by atoms with van der Waals surface area (Å²) in [6, 6.07) is 8.08. The number of carbonyl (C=O) groups is 2. The summed E-state index contributed by atoms with van der Waals surface area (Å²) >= 11 is 0. The summed E-state index contributed by atoms with van der Waals surface area (Å²) in [6.07, 6.45) is 3.52. The van der Waals surface area contributed by atoms with Crippen LogP contribution in [0, 0.1) is 11.6 Å². The first-order valence-corrected chi connectivity index (χ1v) is 8.83. The minimum absolute atomic E-state index is 0.0537. The highest BCUT2D eigenvalue weighted by atomic mass is 19.2. The Morgan fingerprint density at radius 1 is 1.07 bits per heavy atom. The zero-order chi connectivity index (χ0) is 21.2. The molecule has 0 aliphatic rings. The molecule has 0 heterocycles. The van der Waals surface area contributed by atoms with Gasteiger partial charge in [-0.3, -0.25) is 4.79 Å². The van der Waals surface area contributed by atoms with Gasteiger partial charge >= 0.3 is 5.97 Å². The van der Waals surface area contributed by atoms with Gasteiger partial charge in [0.2, 0.25) is 0 Å². The smallest absolute Gasteiger partial charge is 0.331 e. The molecule has 0 atom stereocenters. The van der Waals surface area contributed by atoms with Gasteiger partial charge in [0.05, 0.1) is 13.7 Å². The monoisotopic (exact) mass is 405 g/mol. The summed E-state index contributed by atoms with van der Waals surface area (Å²) in [5, 5.41) is 2.30.